The second-order valence-electron chi connectivity index (χ2n) is 5.91. The van der Waals surface area contributed by atoms with Crippen molar-refractivity contribution in [2.75, 3.05) is 45.8 Å². The van der Waals surface area contributed by atoms with Crippen molar-refractivity contribution >= 4 is 17.9 Å². The molecule has 1 aliphatic heterocycles. The summed E-state index contributed by atoms with van der Waals surface area (Å²) in [6.07, 6.45) is 3.48. The largest absolute Gasteiger partial charge is 0.342 e. The quantitative estimate of drug-likeness (QED) is 0.747. The van der Waals surface area contributed by atoms with Crippen molar-refractivity contribution in [2.24, 2.45) is 0 Å². The SMILES string of the molecule is CCN(CC)C(=O)CN1CCN(C(=O)/C=C/c2ccccc2)CC1. The van der Waals surface area contributed by atoms with Crippen molar-refractivity contribution in [1.29, 1.82) is 0 Å². The average molecular weight is 329 g/mol. The monoisotopic (exact) mass is 329 g/mol. The Kier molecular flexibility index (Phi) is 7.00. The zero-order chi connectivity index (χ0) is 17.4. The second kappa shape index (κ2) is 9.23. The Morgan fingerprint density at radius 2 is 1.67 bits per heavy atom. The standard InChI is InChI=1S/C19H27N3O2/c1-3-21(4-2)19(24)16-20-12-14-22(15-13-20)18(23)11-10-17-8-6-5-7-9-17/h5-11H,3-4,12-16H2,1-2H3/b11-10+. The number of hydrogen-bond acceptors (Lipinski definition) is 3. The fourth-order valence-electron chi connectivity index (χ4n) is 2.83. The van der Waals surface area contributed by atoms with Crippen molar-refractivity contribution in [3.8, 4) is 0 Å². The predicted molar refractivity (Wildman–Crippen MR) is 96.4 cm³/mol. The highest BCUT2D eigenvalue weighted by Crippen LogP contribution is 2.06. The van der Waals surface area contributed by atoms with Crippen LogP contribution in [0.5, 0.6) is 0 Å². The van der Waals surface area contributed by atoms with Crippen LogP contribution >= 0.6 is 0 Å². The molecule has 1 saturated heterocycles. The van der Waals surface area contributed by atoms with E-state index in [2.05, 4.69) is 4.90 Å². The van der Waals surface area contributed by atoms with E-state index in [1.807, 2.05) is 60.1 Å². The van der Waals surface area contributed by atoms with Gasteiger partial charge in [-0.1, -0.05) is 30.3 Å². The molecule has 1 aromatic carbocycles. The van der Waals surface area contributed by atoms with Crippen LogP contribution in [0.15, 0.2) is 36.4 Å². The van der Waals surface area contributed by atoms with Crippen LogP contribution < -0.4 is 0 Å². The Labute approximate surface area is 144 Å². The summed E-state index contributed by atoms with van der Waals surface area (Å²) in [7, 11) is 0. The van der Waals surface area contributed by atoms with Crippen molar-refractivity contribution < 1.29 is 9.59 Å². The number of likely N-dealkylation sites (N-methyl/N-ethyl adjacent to an activating group) is 1. The van der Waals surface area contributed by atoms with Gasteiger partial charge in [-0.05, 0) is 25.5 Å². The number of carbonyl (C=O) groups is 2. The molecule has 0 spiro atoms. The highest BCUT2D eigenvalue weighted by Gasteiger charge is 2.22. The zero-order valence-electron chi connectivity index (χ0n) is 14.6. The molecule has 5 heteroatoms. The van der Waals surface area contributed by atoms with Gasteiger partial charge >= 0.3 is 0 Å². The number of carbonyl (C=O) groups excluding carboxylic acids is 2. The van der Waals surface area contributed by atoms with Crippen molar-refractivity contribution in [3.05, 3.63) is 42.0 Å². The first-order chi connectivity index (χ1) is 11.6. The lowest BCUT2D eigenvalue weighted by Gasteiger charge is -2.34. The van der Waals surface area contributed by atoms with Crippen molar-refractivity contribution in [3.63, 3.8) is 0 Å². The van der Waals surface area contributed by atoms with Gasteiger partial charge in [-0.25, -0.2) is 0 Å². The van der Waals surface area contributed by atoms with Gasteiger partial charge in [0, 0.05) is 45.3 Å². The minimum atomic E-state index is 0.0357. The molecule has 0 unspecified atom stereocenters. The van der Waals surface area contributed by atoms with E-state index in [4.69, 9.17) is 0 Å². The van der Waals surface area contributed by atoms with Gasteiger partial charge < -0.3 is 9.80 Å². The molecule has 1 aromatic rings. The van der Waals surface area contributed by atoms with Gasteiger partial charge in [0.1, 0.15) is 0 Å². The third kappa shape index (κ3) is 5.20. The van der Waals surface area contributed by atoms with Gasteiger partial charge in [0.05, 0.1) is 6.54 Å². The lowest BCUT2D eigenvalue weighted by Crippen LogP contribution is -2.51. The van der Waals surface area contributed by atoms with E-state index >= 15 is 0 Å². The first kappa shape index (κ1) is 18.2. The summed E-state index contributed by atoms with van der Waals surface area (Å²) in [5.41, 5.74) is 1.02. The molecule has 0 atom stereocenters. The Morgan fingerprint density at radius 1 is 1.04 bits per heavy atom. The van der Waals surface area contributed by atoms with Gasteiger partial charge in [-0.3, -0.25) is 14.5 Å². The highest BCUT2D eigenvalue weighted by molar-refractivity contribution is 5.91. The lowest BCUT2D eigenvalue weighted by atomic mass is 10.2. The Balaban J connectivity index is 1.79. The van der Waals surface area contributed by atoms with Gasteiger partial charge in [0.15, 0.2) is 0 Å². The molecule has 2 rings (SSSR count). The van der Waals surface area contributed by atoms with E-state index in [1.54, 1.807) is 6.08 Å². The van der Waals surface area contributed by atoms with Crippen LogP contribution in [0.1, 0.15) is 19.4 Å². The van der Waals surface area contributed by atoms with Crippen LogP contribution in [0.2, 0.25) is 0 Å². The molecule has 0 bridgehead atoms. The maximum atomic E-state index is 12.2. The fraction of sp³-hybridized carbons (Fsp3) is 0.474. The molecule has 2 amide bonds. The second-order valence-corrected chi connectivity index (χ2v) is 5.91. The first-order valence-corrected chi connectivity index (χ1v) is 8.66. The predicted octanol–water partition coefficient (Wildman–Crippen LogP) is 1.71. The summed E-state index contributed by atoms with van der Waals surface area (Å²) in [4.78, 5) is 30.2. The molecule has 1 heterocycles. The molecule has 1 aliphatic rings. The van der Waals surface area contributed by atoms with E-state index < -0.39 is 0 Å². The number of hydrogen-bond donors (Lipinski definition) is 0. The van der Waals surface area contributed by atoms with Crippen molar-refractivity contribution in [2.45, 2.75) is 13.8 Å². The summed E-state index contributed by atoms with van der Waals surface area (Å²) in [6.45, 7) is 8.77. The fourth-order valence-corrected chi connectivity index (χ4v) is 2.83. The first-order valence-electron chi connectivity index (χ1n) is 8.66. The summed E-state index contributed by atoms with van der Waals surface area (Å²) >= 11 is 0. The molecule has 0 aliphatic carbocycles. The van der Waals surface area contributed by atoms with Gasteiger partial charge in [-0.2, -0.15) is 0 Å². The highest BCUT2D eigenvalue weighted by atomic mass is 16.2. The van der Waals surface area contributed by atoms with E-state index in [0.29, 0.717) is 19.6 Å². The summed E-state index contributed by atoms with van der Waals surface area (Å²) < 4.78 is 0. The molecular weight excluding hydrogens is 302 g/mol. The number of nitrogens with zero attached hydrogens (tertiary/aromatic N) is 3. The third-order valence-electron chi connectivity index (χ3n) is 4.38. The molecule has 5 nitrogen and oxygen atoms in total. The summed E-state index contributed by atoms with van der Waals surface area (Å²) in [5.74, 6) is 0.206. The smallest absolute Gasteiger partial charge is 0.246 e. The Morgan fingerprint density at radius 3 is 2.25 bits per heavy atom. The van der Waals surface area contributed by atoms with E-state index in [1.165, 1.54) is 0 Å². The zero-order valence-corrected chi connectivity index (χ0v) is 14.6. The number of rotatable bonds is 6. The van der Waals surface area contributed by atoms with Crippen LogP contribution in [-0.4, -0.2) is 72.3 Å². The number of piperazine rings is 1. The third-order valence-corrected chi connectivity index (χ3v) is 4.38. The van der Waals surface area contributed by atoms with E-state index in [0.717, 1.165) is 31.7 Å². The van der Waals surface area contributed by atoms with E-state index in [9.17, 15) is 9.59 Å². The molecule has 0 saturated carbocycles. The lowest BCUT2D eigenvalue weighted by molar-refractivity contribution is -0.133. The van der Waals surface area contributed by atoms with Gasteiger partial charge in [-0.15, -0.1) is 0 Å². The minimum absolute atomic E-state index is 0.0357. The van der Waals surface area contributed by atoms with Crippen LogP contribution in [-0.2, 0) is 9.59 Å². The maximum absolute atomic E-state index is 12.2. The average Bonchev–Trinajstić information content (AvgIpc) is 2.62. The molecule has 1 fully saturated rings. The normalized spacial score (nSPS) is 15.7. The van der Waals surface area contributed by atoms with Crippen LogP contribution in [0.25, 0.3) is 6.08 Å². The van der Waals surface area contributed by atoms with E-state index in [-0.39, 0.29) is 11.8 Å². The topological polar surface area (TPSA) is 43.9 Å². The van der Waals surface area contributed by atoms with Crippen LogP contribution in [0.3, 0.4) is 0 Å². The Bertz CT molecular complexity index is 559. The number of benzene rings is 1. The molecular formula is C19H27N3O2. The molecule has 24 heavy (non-hydrogen) atoms. The molecule has 130 valence electrons. The summed E-state index contributed by atoms with van der Waals surface area (Å²) in [6, 6.07) is 9.81. The van der Waals surface area contributed by atoms with Crippen molar-refractivity contribution in [1.82, 2.24) is 14.7 Å². The van der Waals surface area contributed by atoms with Gasteiger partial charge in [0.25, 0.3) is 0 Å². The Hall–Kier alpha value is -2.14. The maximum Gasteiger partial charge on any atom is 0.246 e. The van der Waals surface area contributed by atoms with Gasteiger partial charge in [0.2, 0.25) is 11.8 Å². The van der Waals surface area contributed by atoms with Crippen LogP contribution in [0.4, 0.5) is 0 Å². The molecule has 0 N–H and O–H groups in total. The molecule has 0 radical (unpaired) electrons. The number of amides is 2. The minimum Gasteiger partial charge on any atom is -0.342 e. The summed E-state index contributed by atoms with van der Waals surface area (Å²) in [5, 5.41) is 0. The van der Waals surface area contributed by atoms with Crippen LogP contribution in [0, 0.1) is 0 Å². The molecule has 0 aromatic heterocycles.